The third-order valence-electron chi connectivity index (χ3n) is 2.41. The maximum absolute atomic E-state index is 12.6. The Bertz CT molecular complexity index is 280. The highest BCUT2D eigenvalue weighted by atomic mass is 32.2. The van der Waals surface area contributed by atoms with Gasteiger partial charge < -0.3 is 5.32 Å². The molecule has 0 spiro atoms. The number of nitrogens with one attached hydrogen (secondary N) is 1. The molecule has 0 saturated carbocycles. The monoisotopic (exact) mass is 211 g/mol. The van der Waals surface area contributed by atoms with E-state index in [1.54, 1.807) is 0 Å². The number of hydrogen-bond donors (Lipinski definition) is 1. The number of benzene rings is 1. The van der Waals surface area contributed by atoms with Gasteiger partial charge in [0, 0.05) is 17.5 Å². The first-order valence-electron chi connectivity index (χ1n) is 4.91. The second-order valence-corrected chi connectivity index (χ2v) is 4.84. The van der Waals surface area contributed by atoms with Crippen LogP contribution in [-0.4, -0.2) is 18.3 Å². The summed E-state index contributed by atoms with van der Waals surface area (Å²) in [7, 11) is 0. The van der Waals surface area contributed by atoms with Gasteiger partial charge in [-0.2, -0.15) is 11.8 Å². The van der Waals surface area contributed by atoms with Gasteiger partial charge in [0.05, 0.1) is 0 Å². The summed E-state index contributed by atoms with van der Waals surface area (Å²) in [4.78, 5) is 0. The molecule has 3 heteroatoms. The van der Waals surface area contributed by atoms with Gasteiger partial charge in [-0.05, 0) is 30.7 Å². The molecule has 1 unspecified atom stereocenters. The summed E-state index contributed by atoms with van der Waals surface area (Å²) in [6.45, 7) is 2.26. The second kappa shape index (κ2) is 4.80. The smallest absolute Gasteiger partial charge is 0.123 e. The van der Waals surface area contributed by atoms with Crippen molar-refractivity contribution in [1.82, 2.24) is 5.32 Å². The minimum absolute atomic E-state index is 0.152. The molecule has 1 aromatic carbocycles. The van der Waals surface area contributed by atoms with E-state index in [9.17, 15) is 4.39 Å². The standard InChI is InChI=1S/C11H14FNS/c12-10-3-1-9(2-4-10)8-14-11-5-6-13-7-11/h1-4,11,13H,5-8H2. The zero-order valence-electron chi connectivity index (χ0n) is 8.00. The van der Waals surface area contributed by atoms with Gasteiger partial charge in [0.25, 0.3) is 0 Å². The van der Waals surface area contributed by atoms with Crippen molar-refractivity contribution < 1.29 is 4.39 Å². The molecular weight excluding hydrogens is 197 g/mol. The first-order chi connectivity index (χ1) is 6.84. The predicted octanol–water partition coefficient (Wildman–Crippen LogP) is 2.42. The van der Waals surface area contributed by atoms with Crippen LogP contribution in [0.15, 0.2) is 24.3 Å². The topological polar surface area (TPSA) is 12.0 Å². The minimum Gasteiger partial charge on any atom is -0.316 e. The van der Waals surface area contributed by atoms with Gasteiger partial charge in [0.2, 0.25) is 0 Å². The Morgan fingerprint density at radius 3 is 2.79 bits per heavy atom. The van der Waals surface area contributed by atoms with E-state index >= 15 is 0 Å². The lowest BCUT2D eigenvalue weighted by atomic mass is 10.2. The number of rotatable bonds is 3. The highest BCUT2D eigenvalue weighted by Crippen LogP contribution is 2.22. The molecule has 14 heavy (non-hydrogen) atoms. The summed E-state index contributed by atoms with van der Waals surface area (Å²) in [6, 6.07) is 6.79. The first-order valence-corrected chi connectivity index (χ1v) is 5.96. The minimum atomic E-state index is -0.152. The molecule has 1 saturated heterocycles. The fourth-order valence-electron chi connectivity index (χ4n) is 1.57. The van der Waals surface area contributed by atoms with Gasteiger partial charge in [-0.25, -0.2) is 4.39 Å². The van der Waals surface area contributed by atoms with Crippen LogP contribution in [0, 0.1) is 5.82 Å². The van der Waals surface area contributed by atoms with Gasteiger partial charge in [-0.15, -0.1) is 0 Å². The highest BCUT2D eigenvalue weighted by Gasteiger charge is 2.14. The van der Waals surface area contributed by atoms with E-state index in [0.717, 1.165) is 24.1 Å². The summed E-state index contributed by atoms with van der Waals surface area (Å²) < 4.78 is 12.6. The Kier molecular flexibility index (Phi) is 3.43. The van der Waals surface area contributed by atoms with Crippen molar-refractivity contribution in [3.05, 3.63) is 35.6 Å². The van der Waals surface area contributed by atoms with E-state index in [1.165, 1.54) is 24.1 Å². The first kappa shape index (κ1) is 9.99. The van der Waals surface area contributed by atoms with Crippen LogP contribution in [0.2, 0.25) is 0 Å². The summed E-state index contributed by atoms with van der Waals surface area (Å²) in [5.41, 5.74) is 1.21. The van der Waals surface area contributed by atoms with Crippen molar-refractivity contribution >= 4 is 11.8 Å². The molecule has 1 fully saturated rings. The van der Waals surface area contributed by atoms with Crippen molar-refractivity contribution in [2.75, 3.05) is 13.1 Å². The zero-order chi connectivity index (χ0) is 9.80. The van der Waals surface area contributed by atoms with Crippen molar-refractivity contribution in [2.24, 2.45) is 0 Å². The average molecular weight is 211 g/mol. The average Bonchev–Trinajstić information content (AvgIpc) is 2.70. The summed E-state index contributed by atoms with van der Waals surface area (Å²) in [5.74, 6) is 0.841. The lowest BCUT2D eigenvalue weighted by Crippen LogP contribution is -2.10. The van der Waals surface area contributed by atoms with E-state index in [0.29, 0.717) is 0 Å². The Balaban J connectivity index is 1.82. The van der Waals surface area contributed by atoms with Crippen LogP contribution >= 0.6 is 11.8 Å². The highest BCUT2D eigenvalue weighted by molar-refractivity contribution is 7.99. The zero-order valence-corrected chi connectivity index (χ0v) is 8.82. The number of hydrogen-bond acceptors (Lipinski definition) is 2. The SMILES string of the molecule is Fc1ccc(CSC2CCNC2)cc1. The van der Waals surface area contributed by atoms with Gasteiger partial charge in [-0.3, -0.25) is 0 Å². The van der Waals surface area contributed by atoms with Crippen LogP contribution in [0.3, 0.4) is 0 Å². The van der Waals surface area contributed by atoms with E-state index in [1.807, 2.05) is 23.9 Å². The molecule has 1 atom stereocenters. The van der Waals surface area contributed by atoms with E-state index in [4.69, 9.17) is 0 Å². The maximum atomic E-state index is 12.6. The van der Waals surface area contributed by atoms with E-state index in [2.05, 4.69) is 5.32 Å². The third kappa shape index (κ3) is 2.72. The largest absolute Gasteiger partial charge is 0.316 e. The van der Waals surface area contributed by atoms with Crippen molar-refractivity contribution in [3.8, 4) is 0 Å². The van der Waals surface area contributed by atoms with Gasteiger partial charge in [-0.1, -0.05) is 12.1 Å². The Morgan fingerprint density at radius 2 is 2.14 bits per heavy atom. The summed E-state index contributed by atoms with van der Waals surface area (Å²) >= 11 is 1.96. The summed E-state index contributed by atoms with van der Waals surface area (Å²) in [5, 5.41) is 4.07. The third-order valence-corrected chi connectivity index (χ3v) is 3.79. The van der Waals surface area contributed by atoms with Crippen molar-refractivity contribution in [3.63, 3.8) is 0 Å². The summed E-state index contributed by atoms with van der Waals surface area (Å²) in [6.07, 6.45) is 1.26. The van der Waals surface area contributed by atoms with Gasteiger partial charge in [0.1, 0.15) is 5.82 Å². The molecule has 0 aliphatic carbocycles. The predicted molar refractivity (Wildman–Crippen MR) is 59.0 cm³/mol. The Hall–Kier alpha value is -0.540. The van der Waals surface area contributed by atoms with Crippen molar-refractivity contribution in [1.29, 1.82) is 0 Å². The molecule has 0 aromatic heterocycles. The molecule has 1 N–H and O–H groups in total. The Morgan fingerprint density at radius 1 is 1.36 bits per heavy atom. The second-order valence-electron chi connectivity index (χ2n) is 3.55. The van der Waals surface area contributed by atoms with E-state index < -0.39 is 0 Å². The van der Waals surface area contributed by atoms with Crippen LogP contribution in [-0.2, 0) is 5.75 Å². The quantitative estimate of drug-likeness (QED) is 0.824. The lowest BCUT2D eigenvalue weighted by molar-refractivity contribution is 0.627. The molecule has 1 aliphatic rings. The molecule has 1 nitrogen and oxygen atoms in total. The fourth-order valence-corrected chi connectivity index (χ4v) is 2.71. The maximum Gasteiger partial charge on any atom is 0.123 e. The fraction of sp³-hybridized carbons (Fsp3) is 0.455. The molecule has 0 bridgehead atoms. The molecule has 1 aromatic rings. The van der Waals surface area contributed by atoms with Crippen LogP contribution in [0.1, 0.15) is 12.0 Å². The molecule has 76 valence electrons. The van der Waals surface area contributed by atoms with Gasteiger partial charge >= 0.3 is 0 Å². The number of halogens is 1. The molecular formula is C11H14FNS. The Labute approximate surface area is 88.1 Å². The number of thioether (sulfide) groups is 1. The lowest BCUT2D eigenvalue weighted by Gasteiger charge is -2.07. The van der Waals surface area contributed by atoms with Crippen LogP contribution in [0.4, 0.5) is 4.39 Å². The molecule has 0 radical (unpaired) electrons. The van der Waals surface area contributed by atoms with E-state index in [-0.39, 0.29) is 5.82 Å². The van der Waals surface area contributed by atoms with Crippen LogP contribution in [0.25, 0.3) is 0 Å². The van der Waals surface area contributed by atoms with Gasteiger partial charge in [0.15, 0.2) is 0 Å². The van der Waals surface area contributed by atoms with Crippen molar-refractivity contribution in [2.45, 2.75) is 17.4 Å². The molecule has 1 aliphatic heterocycles. The molecule has 1 heterocycles. The molecule has 0 amide bonds. The van der Waals surface area contributed by atoms with Crippen LogP contribution in [0.5, 0.6) is 0 Å². The normalized spacial score (nSPS) is 21.4. The van der Waals surface area contributed by atoms with Crippen LogP contribution < -0.4 is 5.32 Å². The molecule has 2 rings (SSSR count).